The molecule has 11 amide bonds. The third-order valence-electron chi connectivity index (χ3n) is 16.3. The number of carbonyl (C=O) groups excluding carboxylic acids is 11. The number of amides is 11. The Morgan fingerprint density at radius 2 is 0.898 bits per heavy atom. The van der Waals surface area contributed by atoms with E-state index in [1.54, 1.807) is 71.9 Å². The van der Waals surface area contributed by atoms with Crippen LogP contribution in [0.4, 0.5) is 0 Å². The number of likely N-dealkylation sites (N-methyl/N-ethyl adjacent to an activating group) is 7. The van der Waals surface area contributed by atoms with Gasteiger partial charge >= 0.3 is 0 Å². The summed E-state index contributed by atoms with van der Waals surface area (Å²) < 4.78 is 0. The second kappa shape index (κ2) is 36.7. The maximum absolute atomic E-state index is 15.2. The van der Waals surface area contributed by atoms with Gasteiger partial charge in [0.15, 0.2) is 0 Å². The van der Waals surface area contributed by atoms with E-state index >= 15 is 9.59 Å². The van der Waals surface area contributed by atoms with Gasteiger partial charge in [-0.05, 0) is 93.8 Å². The summed E-state index contributed by atoms with van der Waals surface area (Å²) in [5.41, 5.74) is 0. The zero-order valence-corrected chi connectivity index (χ0v) is 57.5. The van der Waals surface area contributed by atoms with Gasteiger partial charge in [0.25, 0.3) is 0 Å². The molecule has 23 heteroatoms. The molecule has 1 aliphatic rings. The highest BCUT2D eigenvalue weighted by atomic mass is 16.3. The summed E-state index contributed by atoms with van der Waals surface area (Å²) in [5.74, 6) is -9.91. The van der Waals surface area contributed by atoms with Crippen molar-refractivity contribution in [2.24, 2.45) is 41.4 Å². The number of carbonyl (C=O) groups is 11. The van der Waals surface area contributed by atoms with Crippen molar-refractivity contribution in [1.29, 1.82) is 0 Å². The molecule has 0 aromatic carbocycles. The molecule has 5 N–H and O–H groups in total. The quantitative estimate of drug-likeness (QED) is 0.129. The molecule has 0 saturated carbocycles. The fraction of sp³-hybridized carbons (Fsp3) is 0.738. The second-order valence-corrected chi connectivity index (χ2v) is 26.6. The Labute approximate surface area is 526 Å². The van der Waals surface area contributed by atoms with Crippen LogP contribution in [-0.2, 0) is 52.7 Å². The highest BCUT2D eigenvalue weighted by Gasteiger charge is 2.45. The van der Waals surface area contributed by atoms with E-state index in [4.69, 9.17) is 0 Å². The fourth-order valence-electron chi connectivity index (χ4n) is 10.8. The van der Waals surface area contributed by atoms with Crippen LogP contribution in [0.3, 0.4) is 0 Å². The van der Waals surface area contributed by atoms with E-state index in [9.17, 15) is 48.3 Å². The predicted octanol–water partition coefficient (Wildman–Crippen LogP) is 3.99. The van der Waals surface area contributed by atoms with Gasteiger partial charge in [0, 0.05) is 49.3 Å². The average molecular weight is 1240 g/mol. The van der Waals surface area contributed by atoms with Gasteiger partial charge in [0.1, 0.15) is 60.4 Å². The number of hydrogen-bond acceptors (Lipinski definition) is 12. The molecule has 0 bridgehead atoms. The highest BCUT2D eigenvalue weighted by Crippen LogP contribution is 2.26. The molecule has 1 rings (SSSR count). The zero-order valence-electron chi connectivity index (χ0n) is 57.5. The van der Waals surface area contributed by atoms with Gasteiger partial charge in [-0.3, -0.25) is 52.7 Å². The maximum atomic E-state index is 15.2. The second-order valence-electron chi connectivity index (χ2n) is 26.6. The van der Waals surface area contributed by atoms with E-state index < -0.39 is 156 Å². The van der Waals surface area contributed by atoms with Crippen molar-refractivity contribution in [2.45, 2.75) is 216 Å². The largest absolute Gasteiger partial charge is 0.390 e. The number of aliphatic hydroxyl groups excluding tert-OH is 1. The summed E-state index contributed by atoms with van der Waals surface area (Å²) in [7, 11) is 9.89. The molecule has 0 unspecified atom stereocenters. The highest BCUT2D eigenvalue weighted by molar-refractivity contribution is 5.99. The summed E-state index contributed by atoms with van der Waals surface area (Å²) >= 11 is 0. The van der Waals surface area contributed by atoms with Crippen molar-refractivity contribution in [3.05, 3.63) is 37.0 Å². The molecule has 0 aromatic rings. The van der Waals surface area contributed by atoms with E-state index in [1.165, 1.54) is 87.7 Å². The Morgan fingerprint density at radius 3 is 1.36 bits per heavy atom. The molecule has 1 aliphatic heterocycles. The molecule has 0 aromatic heterocycles. The Bertz CT molecular complexity index is 2460. The van der Waals surface area contributed by atoms with Crippen LogP contribution in [-0.4, -0.2) is 227 Å². The lowest BCUT2D eigenvalue weighted by Gasteiger charge is -2.41. The minimum absolute atomic E-state index is 0.00879. The number of aliphatic hydroxyl groups is 1. The van der Waals surface area contributed by atoms with Gasteiger partial charge in [0.2, 0.25) is 65.0 Å². The molecule has 0 aliphatic carbocycles. The predicted molar refractivity (Wildman–Crippen MR) is 342 cm³/mol. The lowest BCUT2D eigenvalue weighted by atomic mass is 9.91. The number of rotatable bonds is 17. The summed E-state index contributed by atoms with van der Waals surface area (Å²) in [6.07, 6.45) is 7.87. The minimum Gasteiger partial charge on any atom is -0.390 e. The molecular formula is C65H113N11O12. The van der Waals surface area contributed by atoms with Crippen molar-refractivity contribution in [3.8, 4) is 0 Å². The van der Waals surface area contributed by atoms with Crippen LogP contribution in [0.2, 0.25) is 0 Å². The van der Waals surface area contributed by atoms with Gasteiger partial charge in [-0.2, -0.15) is 0 Å². The van der Waals surface area contributed by atoms with Crippen molar-refractivity contribution in [3.63, 3.8) is 0 Å². The van der Waals surface area contributed by atoms with Crippen molar-refractivity contribution in [1.82, 2.24) is 55.6 Å². The molecule has 0 radical (unpaired) electrons. The van der Waals surface area contributed by atoms with Gasteiger partial charge in [-0.25, -0.2) is 0 Å². The Balaban J connectivity index is 4.36. The topological polar surface area (TPSA) is 279 Å². The van der Waals surface area contributed by atoms with Crippen LogP contribution in [0.15, 0.2) is 37.0 Å². The third kappa shape index (κ3) is 22.7. The van der Waals surface area contributed by atoms with Crippen molar-refractivity contribution >= 4 is 65.0 Å². The fourth-order valence-corrected chi connectivity index (χ4v) is 10.8. The molecule has 1 fully saturated rings. The molecule has 88 heavy (non-hydrogen) atoms. The van der Waals surface area contributed by atoms with Crippen molar-refractivity contribution in [2.75, 3.05) is 55.9 Å². The smallest absolute Gasteiger partial charge is 0.246 e. The SMILES string of the molecule is C=C/C=C/C=C/C[C@@H](C)[C@@H](O)[C@H]1C(=O)N[C@@H](CC)C(=O)N(C)CC(=O)N(C)[C@@H](CC(C)C)C(=O)N[C@@H](C(C)C)C(=O)N(C)[C@@H](CC(C)C)C(=O)N[C@@H](C)C(=O)N[C@H](C)C(=O)N(C)[C@@H](CC(C)C)C(=O)N(C)[C@@H](CC(C)C)C(=O)N(C)[C@@H](C(C)C)C(=O)N1C. The van der Waals surface area contributed by atoms with Crippen LogP contribution < -0.4 is 21.3 Å². The zero-order chi connectivity index (χ0) is 68.1. The van der Waals surface area contributed by atoms with Crippen LogP contribution in [0.25, 0.3) is 0 Å². The first-order chi connectivity index (χ1) is 40.7. The minimum atomic E-state index is -1.65. The Kier molecular flexibility index (Phi) is 33.1. The molecule has 23 nitrogen and oxygen atoms in total. The van der Waals surface area contributed by atoms with E-state index in [0.717, 1.165) is 9.80 Å². The molecular weight excluding hydrogens is 1130 g/mol. The monoisotopic (exact) mass is 1240 g/mol. The molecule has 1 heterocycles. The number of nitrogens with one attached hydrogen (secondary N) is 4. The van der Waals surface area contributed by atoms with Crippen LogP contribution in [0, 0.1) is 41.4 Å². The third-order valence-corrected chi connectivity index (χ3v) is 16.3. The van der Waals surface area contributed by atoms with Gasteiger partial charge < -0.3 is 60.7 Å². The van der Waals surface area contributed by atoms with E-state index in [2.05, 4.69) is 27.8 Å². The number of nitrogens with zero attached hydrogens (tertiary/aromatic N) is 7. The number of allylic oxidation sites excluding steroid dienone is 5. The van der Waals surface area contributed by atoms with Crippen LogP contribution >= 0.6 is 0 Å². The molecule has 0 spiro atoms. The maximum Gasteiger partial charge on any atom is 0.246 e. The van der Waals surface area contributed by atoms with Gasteiger partial charge in [-0.15, -0.1) is 0 Å². The Morgan fingerprint density at radius 1 is 0.466 bits per heavy atom. The van der Waals surface area contributed by atoms with Gasteiger partial charge in [-0.1, -0.05) is 134 Å². The van der Waals surface area contributed by atoms with E-state index in [0.29, 0.717) is 0 Å². The Hall–Kier alpha value is -6.65. The average Bonchev–Trinajstić information content (AvgIpc) is 1.41. The summed E-state index contributed by atoms with van der Waals surface area (Å²) in [6, 6.07) is -12.5. The first kappa shape index (κ1) is 79.4. The van der Waals surface area contributed by atoms with Gasteiger partial charge in [0.05, 0.1) is 12.6 Å². The lowest BCUT2D eigenvalue weighted by Crippen LogP contribution is -2.63. The first-order valence-corrected chi connectivity index (χ1v) is 31.4. The lowest BCUT2D eigenvalue weighted by molar-refractivity contribution is -0.157. The van der Waals surface area contributed by atoms with E-state index in [1.807, 2.05) is 55.4 Å². The first-order valence-electron chi connectivity index (χ1n) is 31.4. The van der Waals surface area contributed by atoms with Crippen molar-refractivity contribution < 1.29 is 57.8 Å². The van der Waals surface area contributed by atoms with Crippen LogP contribution in [0.1, 0.15) is 149 Å². The van der Waals surface area contributed by atoms with E-state index in [-0.39, 0.29) is 62.2 Å². The summed E-state index contributed by atoms with van der Waals surface area (Å²) in [5, 5.41) is 23.2. The summed E-state index contributed by atoms with van der Waals surface area (Å²) in [6.45, 7) is 31.1. The standard InChI is InChI=1S/C65H113N11O12/c1-25-27-28-29-30-31-43(15)55(78)54-59(82)68-46(26-2)61(84)70(18)36-51(77)71(19)47(32-37(3)4)58(81)69-52(41(11)12)64(87)72(20)48(33-38(5)6)57(80)66-44(16)56(79)67-45(17)60(83)73(21)49(34-39(7)8)62(85)74(22)50(35-40(9)10)63(86)75(23)53(42(13)14)65(88)76(54)24/h25,27-30,37-50,52-55,78H,1,26,31-36H2,2-24H3,(H,66,80)(H,67,79)(H,68,82)(H,69,81)/b28-27+,30-29+/t43-,44+,45-,46+,47+,48+,49+,50+,52+,53+,54+,55-/m1/s1. The normalized spacial score (nSPS) is 26.4. The number of hydrogen-bond donors (Lipinski definition) is 5. The summed E-state index contributed by atoms with van der Waals surface area (Å²) in [4.78, 5) is 169. The van der Waals surface area contributed by atoms with Crippen LogP contribution in [0.5, 0.6) is 0 Å². The molecule has 500 valence electrons. The molecule has 12 atom stereocenters. The molecule has 1 saturated heterocycles.